The number of carbonyl (C=O) groups excluding carboxylic acids is 2. The van der Waals surface area contributed by atoms with Gasteiger partial charge in [-0.05, 0) is 25.2 Å². The Morgan fingerprint density at radius 3 is 2.66 bits per heavy atom. The Balaban J connectivity index is 1.61. The van der Waals surface area contributed by atoms with Gasteiger partial charge >= 0.3 is 6.18 Å². The SMILES string of the molecule is O=C(Nc1nnc(C(F)(F)F)s1)c1nn2c(c1C1CC1)C(=O)N(CCCO)CC2. The first-order chi connectivity index (χ1) is 13.8. The van der Waals surface area contributed by atoms with Crippen LogP contribution in [0.25, 0.3) is 0 Å². The second kappa shape index (κ2) is 7.37. The van der Waals surface area contributed by atoms with E-state index in [9.17, 15) is 22.8 Å². The van der Waals surface area contributed by atoms with Crippen molar-refractivity contribution in [2.45, 2.75) is 37.9 Å². The molecule has 2 N–H and O–H groups in total. The van der Waals surface area contributed by atoms with Gasteiger partial charge in [0.15, 0.2) is 5.69 Å². The van der Waals surface area contributed by atoms with Crippen LogP contribution in [0.3, 0.4) is 0 Å². The molecule has 1 aliphatic heterocycles. The zero-order valence-electron chi connectivity index (χ0n) is 15.1. The number of alkyl halides is 3. The Morgan fingerprint density at radius 1 is 1.28 bits per heavy atom. The summed E-state index contributed by atoms with van der Waals surface area (Å²) in [5.41, 5.74) is 0.903. The number of halogens is 3. The Bertz CT molecular complexity index is 952. The van der Waals surface area contributed by atoms with Gasteiger partial charge in [0, 0.05) is 25.3 Å². The standard InChI is InChI=1S/C16H17F3N6O3S/c17-16(18,19)14-21-22-15(29-14)20-12(27)10-9(8-2-3-8)11-13(28)24(4-1-7-26)5-6-25(11)23-10/h8,26H,1-7H2,(H,20,22,27). The Morgan fingerprint density at radius 2 is 2.03 bits per heavy atom. The summed E-state index contributed by atoms with van der Waals surface area (Å²) in [4.78, 5) is 27.2. The van der Waals surface area contributed by atoms with Gasteiger partial charge in [0.05, 0.1) is 6.54 Å². The van der Waals surface area contributed by atoms with Crippen molar-refractivity contribution in [2.24, 2.45) is 0 Å². The fourth-order valence-corrected chi connectivity index (χ4v) is 3.88. The van der Waals surface area contributed by atoms with Crippen LogP contribution < -0.4 is 5.32 Å². The smallest absolute Gasteiger partial charge is 0.396 e. The fraction of sp³-hybridized carbons (Fsp3) is 0.562. The highest BCUT2D eigenvalue weighted by molar-refractivity contribution is 7.15. The number of hydrogen-bond acceptors (Lipinski definition) is 7. The van der Waals surface area contributed by atoms with Crippen LogP contribution in [0.1, 0.15) is 56.7 Å². The molecule has 13 heteroatoms. The second-order valence-corrected chi connectivity index (χ2v) is 7.82. The lowest BCUT2D eigenvalue weighted by atomic mass is 10.1. The quantitative estimate of drug-likeness (QED) is 0.722. The Kier molecular flexibility index (Phi) is 5.02. The molecule has 0 saturated heterocycles. The maximum Gasteiger partial charge on any atom is 0.445 e. The van der Waals surface area contributed by atoms with Gasteiger partial charge in [0.25, 0.3) is 11.8 Å². The molecular formula is C16H17F3N6O3S. The van der Waals surface area contributed by atoms with Gasteiger partial charge in [-0.15, -0.1) is 10.2 Å². The summed E-state index contributed by atoms with van der Waals surface area (Å²) < 4.78 is 39.5. The number of amides is 2. The van der Waals surface area contributed by atoms with E-state index in [1.165, 1.54) is 4.68 Å². The fourth-order valence-electron chi connectivity index (χ4n) is 3.28. The van der Waals surface area contributed by atoms with Gasteiger partial charge in [-0.3, -0.25) is 19.6 Å². The minimum atomic E-state index is -4.64. The molecule has 9 nitrogen and oxygen atoms in total. The van der Waals surface area contributed by atoms with Crippen LogP contribution in [0.4, 0.5) is 18.3 Å². The van der Waals surface area contributed by atoms with Gasteiger partial charge in [0.1, 0.15) is 5.69 Å². The van der Waals surface area contributed by atoms with E-state index in [2.05, 4.69) is 20.6 Å². The zero-order chi connectivity index (χ0) is 20.8. The predicted molar refractivity (Wildman–Crippen MR) is 94.7 cm³/mol. The summed E-state index contributed by atoms with van der Waals surface area (Å²) in [6, 6.07) is 0. The van der Waals surface area contributed by atoms with Crippen molar-refractivity contribution >= 4 is 28.3 Å². The number of nitrogens with zero attached hydrogens (tertiary/aromatic N) is 5. The molecule has 2 aromatic rings. The van der Waals surface area contributed by atoms with E-state index in [4.69, 9.17) is 5.11 Å². The lowest BCUT2D eigenvalue weighted by Gasteiger charge is -2.27. The molecule has 1 aliphatic carbocycles. The van der Waals surface area contributed by atoms with Crippen molar-refractivity contribution < 1.29 is 27.9 Å². The number of rotatable bonds is 6. The summed E-state index contributed by atoms with van der Waals surface area (Å²) in [6.45, 7) is 1.17. The number of aliphatic hydroxyl groups excluding tert-OH is 1. The van der Waals surface area contributed by atoms with Crippen LogP contribution >= 0.6 is 11.3 Å². The molecule has 2 aromatic heterocycles. The number of fused-ring (bicyclic) bond motifs is 1. The lowest BCUT2D eigenvalue weighted by molar-refractivity contribution is -0.138. The molecule has 2 aliphatic rings. The molecule has 3 heterocycles. The maximum atomic E-state index is 12.9. The van der Waals surface area contributed by atoms with Crippen molar-refractivity contribution in [3.63, 3.8) is 0 Å². The van der Waals surface area contributed by atoms with Crippen LogP contribution in [-0.4, -0.2) is 61.5 Å². The minimum absolute atomic E-state index is 0.0152. The predicted octanol–water partition coefficient (Wildman–Crippen LogP) is 1.72. The average molecular weight is 430 g/mol. The largest absolute Gasteiger partial charge is 0.445 e. The molecule has 29 heavy (non-hydrogen) atoms. The summed E-state index contributed by atoms with van der Waals surface area (Å²) >= 11 is 0.225. The Hall–Kier alpha value is -2.54. The van der Waals surface area contributed by atoms with Crippen molar-refractivity contribution in [1.82, 2.24) is 24.9 Å². The monoisotopic (exact) mass is 430 g/mol. The molecule has 0 radical (unpaired) electrons. The van der Waals surface area contributed by atoms with Crippen LogP contribution in [0.2, 0.25) is 0 Å². The summed E-state index contributed by atoms with van der Waals surface area (Å²) in [6.07, 6.45) is -2.58. The van der Waals surface area contributed by atoms with Crippen LogP contribution in [-0.2, 0) is 12.7 Å². The van der Waals surface area contributed by atoms with Crippen molar-refractivity contribution in [2.75, 3.05) is 25.0 Å². The first kappa shape index (κ1) is 19.8. The number of carbonyl (C=O) groups is 2. The summed E-state index contributed by atoms with van der Waals surface area (Å²) in [5.74, 6) is -0.955. The van der Waals surface area contributed by atoms with E-state index in [0.717, 1.165) is 12.8 Å². The van der Waals surface area contributed by atoms with Crippen molar-refractivity contribution in [3.05, 3.63) is 22.0 Å². The lowest BCUT2D eigenvalue weighted by Crippen LogP contribution is -2.41. The van der Waals surface area contributed by atoms with Gasteiger partial charge in [-0.25, -0.2) is 0 Å². The van der Waals surface area contributed by atoms with E-state index in [1.807, 2.05) is 0 Å². The van der Waals surface area contributed by atoms with E-state index >= 15 is 0 Å². The molecule has 4 rings (SSSR count). The molecule has 1 fully saturated rings. The molecule has 156 valence electrons. The second-order valence-electron chi connectivity index (χ2n) is 6.84. The van der Waals surface area contributed by atoms with E-state index in [1.54, 1.807) is 4.90 Å². The molecule has 0 bridgehead atoms. The number of aliphatic hydroxyl groups is 1. The van der Waals surface area contributed by atoms with E-state index < -0.39 is 17.1 Å². The number of hydrogen-bond donors (Lipinski definition) is 2. The first-order valence-corrected chi connectivity index (χ1v) is 9.84. The number of nitrogens with one attached hydrogen (secondary N) is 1. The number of anilines is 1. The van der Waals surface area contributed by atoms with E-state index in [-0.39, 0.29) is 40.6 Å². The van der Waals surface area contributed by atoms with Crippen molar-refractivity contribution in [3.8, 4) is 0 Å². The Labute approximate surface area is 166 Å². The summed E-state index contributed by atoms with van der Waals surface area (Å²) in [7, 11) is 0. The third-order valence-corrected chi connectivity index (χ3v) is 5.62. The summed E-state index contributed by atoms with van der Waals surface area (Å²) in [5, 5.41) is 20.6. The van der Waals surface area contributed by atoms with Crippen LogP contribution in [0.15, 0.2) is 0 Å². The maximum absolute atomic E-state index is 12.9. The number of aromatic nitrogens is 4. The third-order valence-electron chi connectivity index (χ3n) is 4.74. The van der Waals surface area contributed by atoms with Gasteiger partial charge < -0.3 is 10.0 Å². The van der Waals surface area contributed by atoms with Crippen LogP contribution in [0.5, 0.6) is 0 Å². The average Bonchev–Trinajstić information content (AvgIpc) is 3.24. The third kappa shape index (κ3) is 3.83. The van der Waals surface area contributed by atoms with Crippen molar-refractivity contribution in [1.29, 1.82) is 0 Å². The molecule has 1 saturated carbocycles. The molecule has 0 unspecified atom stereocenters. The van der Waals surface area contributed by atoms with E-state index in [0.29, 0.717) is 37.3 Å². The molecule has 0 atom stereocenters. The molecule has 0 spiro atoms. The highest BCUT2D eigenvalue weighted by Gasteiger charge is 2.40. The highest BCUT2D eigenvalue weighted by atomic mass is 32.1. The van der Waals surface area contributed by atoms with Gasteiger partial charge in [-0.2, -0.15) is 18.3 Å². The molecular weight excluding hydrogens is 413 g/mol. The molecule has 2 amide bonds. The van der Waals surface area contributed by atoms with Gasteiger partial charge in [0.2, 0.25) is 10.1 Å². The first-order valence-electron chi connectivity index (χ1n) is 9.02. The normalized spacial score (nSPS) is 16.8. The highest BCUT2D eigenvalue weighted by Crippen LogP contribution is 2.44. The van der Waals surface area contributed by atoms with Crippen LogP contribution in [0, 0.1) is 0 Å². The zero-order valence-corrected chi connectivity index (χ0v) is 15.9. The van der Waals surface area contributed by atoms with Gasteiger partial charge in [-0.1, -0.05) is 11.3 Å². The molecule has 0 aromatic carbocycles. The topological polar surface area (TPSA) is 113 Å². The minimum Gasteiger partial charge on any atom is -0.396 e.